The van der Waals surface area contributed by atoms with E-state index in [2.05, 4.69) is 13.8 Å². The van der Waals surface area contributed by atoms with Crippen molar-refractivity contribution in [3.63, 3.8) is 0 Å². The van der Waals surface area contributed by atoms with Crippen LogP contribution in [0.5, 0.6) is 5.75 Å². The van der Waals surface area contributed by atoms with Crippen LogP contribution in [0.4, 0.5) is 0 Å². The van der Waals surface area contributed by atoms with Crippen molar-refractivity contribution in [2.24, 2.45) is 11.8 Å². The van der Waals surface area contributed by atoms with Crippen LogP contribution in [0.1, 0.15) is 51.4 Å². The quantitative estimate of drug-likeness (QED) is 0.771. The highest BCUT2D eigenvalue weighted by molar-refractivity contribution is 6.00. The van der Waals surface area contributed by atoms with Crippen LogP contribution in [0.3, 0.4) is 0 Å². The van der Waals surface area contributed by atoms with E-state index in [0.29, 0.717) is 24.9 Å². The minimum Gasteiger partial charge on any atom is -0.508 e. The first-order chi connectivity index (χ1) is 12.5. The van der Waals surface area contributed by atoms with Crippen molar-refractivity contribution < 1.29 is 19.7 Å². The van der Waals surface area contributed by atoms with E-state index in [0.717, 1.165) is 16.3 Å². The van der Waals surface area contributed by atoms with E-state index >= 15 is 0 Å². The predicted octanol–water partition coefficient (Wildman–Crippen LogP) is 4.81. The van der Waals surface area contributed by atoms with Gasteiger partial charge in [0.1, 0.15) is 5.75 Å². The molecule has 2 aromatic rings. The van der Waals surface area contributed by atoms with Crippen molar-refractivity contribution in [2.45, 2.75) is 47.1 Å². The monoisotopic (exact) mass is 360 g/mol. The van der Waals surface area contributed by atoms with Crippen molar-refractivity contribution in [1.29, 1.82) is 0 Å². The number of carbonyl (C=O) groups excluding carboxylic acids is 1. The highest BCUT2D eigenvalue weighted by Gasteiger charge is 2.32. The zero-order chi connectivity index (χ0) is 19.7. The summed E-state index contributed by atoms with van der Waals surface area (Å²) < 4.78 is 5.62. The van der Waals surface area contributed by atoms with Gasteiger partial charge in [-0.25, -0.2) is 0 Å². The Bertz CT molecular complexity index is 696. The van der Waals surface area contributed by atoms with Gasteiger partial charge in [-0.1, -0.05) is 39.0 Å². The molecule has 2 unspecified atom stereocenters. The lowest BCUT2D eigenvalue weighted by Crippen LogP contribution is -2.17. The summed E-state index contributed by atoms with van der Waals surface area (Å²) in [6.45, 7) is 10.8. The largest absolute Gasteiger partial charge is 0.508 e. The molecule has 1 aliphatic rings. The summed E-state index contributed by atoms with van der Waals surface area (Å²) in [6, 6.07) is 10.8. The highest BCUT2D eigenvalue weighted by atomic mass is 16.5. The lowest BCUT2D eigenvalue weighted by Gasteiger charge is -2.14. The molecule has 3 rings (SSSR count). The Morgan fingerprint density at radius 2 is 1.69 bits per heavy atom. The Labute approximate surface area is 156 Å². The molecule has 0 radical (unpaired) electrons. The van der Waals surface area contributed by atoms with Gasteiger partial charge in [-0.3, -0.25) is 4.79 Å². The van der Waals surface area contributed by atoms with Crippen LogP contribution in [-0.2, 0) is 4.74 Å². The second kappa shape index (κ2) is 10.9. The van der Waals surface area contributed by atoms with Gasteiger partial charge in [0, 0.05) is 18.6 Å². The first kappa shape index (κ1) is 22.1. The predicted molar refractivity (Wildman–Crippen MR) is 107 cm³/mol. The first-order valence-electron chi connectivity index (χ1n) is 9.44. The van der Waals surface area contributed by atoms with Crippen molar-refractivity contribution in [3.8, 4) is 5.75 Å². The van der Waals surface area contributed by atoms with E-state index in [1.165, 1.54) is 0 Å². The van der Waals surface area contributed by atoms with Gasteiger partial charge in [-0.15, -0.1) is 0 Å². The maximum Gasteiger partial charge on any atom is 0.163 e. The van der Waals surface area contributed by atoms with Crippen LogP contribution in [-0.4, -0.2) is 35.3 Å². The van der Waals surface area contributed by atoms with E-state index in [1.807, 2.05) is 38.1 Å². The zero-order valence-electron chi connectivity index (χ0n) is 16.5. The van der Waals surface area contributed by atoms with E-state index in [1.54, 1.807) is 19.1 Å². The van der Waals surface area contributed by atoms with Gasteiger partial charge >= 0.3 is 0 Å². The molecule has 3 atom stereocenters. The second-order valence-electron chi connectivity index (χ2n) is 6.35. The average Bonchev–Trinajstić information content (AvgIpc) is 2.95. The van der Waals surface area contributed by atoms with Crippen LogP contribution in [0.2, 0.25) is 0 Å². The molecule has 1 saturated heterocycles. The molecule has 0 saturated carbocycles. The smallest absolute Gasteiger partial charge is 0.163 e. The standard InChI is InChI=1S/C18H20O3.C2H6O.C2H6/c1-11-12(2)21-10-16(11)9-18(20)15-4-3-14-8-17(19)6-5-13(14)7-15;1-2-3;1-2/h3-8,11-12,16,19H,9-10H2,1-2H3;3H,2H2,1H3;1-2H3/t11?,12?,16-;;/m1../s1. The summed E-state index contributed by atoms with van der Waals surface area (Å²) in [5.41, 5.74) is 0.736. The molecule has 0 aromatic heterocycles. The molecule has 4 heteroatoms. The van der Waals surface area contributed by atoms with Gasteiger partial charge in [0.2, 0.25) is 0 Å². The summed E-state index contributed by atoms with van der Waals surface area (Å²) >= 11 is 0. The minimum atomic E-state index is 0.166. The molecule has 1 aliphatic heterocycles. The van der Waals surface area contributed by atoms with Crippen LogP contribution < -0.4 is 0 Å². The van der Waals surface area contributed by atoms with Crippen molar-refractivity contribution in [3.05, 3.63) is 42.0 Å². The number of aliphatic hydroxyl groups is 1. The Hall–Kier alpha value is -1.91. The summed E-state index contributed by atoms with van der Waals surface area (Å²) in [4.78, 5) is 12.5. The summed E-state index contributed by atoms with van der Waals surface area (Å²) in [5.74, 6) is 1.14. The number of carbonyl (C=O) groups is 1. The Morgan fingerprint density at radius 1 is 1.12 bits per heavy atom. The number of aliphatic hydroxyl groups excluding tert-OH is 1. The Balaban J connectivity index is 0.000000615. The number of phenols is 1. The average molecular weight is 360 g/mol. The van der Waals surface area contributed by atoms with Crippen molar-refractivity contribution in [2.75, 3.05) is 13.2 Å². The molecule has 0 bridgehead atoms. The molecule has 1 fully saturated rings. The normalized spacial score (nSPS) is 21.4. The van der Waals surface area contributed by atoms with Crippen LogP contribution in [0.25, 0.3) is 10.8 Å². The number of ether oxygens (including phenoxy) is 1. The van der Waals surface area contributed by atoms with Crippen molar-refractivity contribution >= 4 is 16.6 Å². The molecular weight excluding hydrogens is 328 g/mol. The van der Waals surface area contributed by atoms with E-state index < -0.39 is 0 Å². The molecule has 2 aromatic carbocycles. The molecule has 0 amide bonds. The highest BCUT2D eigenvalue weighted by Crippen LogP contribution is 2.30. The molecule has 4 nitrogen and oxygen atoms in total. The van der Waals surface area contributed by atoms with Crippen molar-refractivity contribution in [1.82, 2.24) is 0 Å². The van der Waals surface area contributed by atoms with Crippen LogP contribution in [0, 0.1) is 11.8 Å². The third-order valence-corrected chi connectivity index (χ3v) is 4.65. The molecule has 26 heavy (non-hydrogen) atoms. The number of benzene rings is 2. The molecule has 144 valence electrons. The van der Waals surface area contributed by atoms with Gasteiger partial charge in [0.05, 0.1) is 12.7 Å². The lowest BCUT2D eigenvalue weighted by molar-refractivity contribution is 0.0938. The van der Waals surface area contributed by atoms with Crippen LogP contribution in [0.15, 0.2) is 36.4 Å². The third-order valence-electron chi connectivity index (χ3n) is 4.65. The number of fused-ring (bicyclic) bond motifs is 1. The third kappa shape index (κ3) is 5.82. The second-order valence-corrected chi connectivity index (χ2v) is 6.35. The summed E-state index contributed by atoms with van der Waals surface area (Å²) in [5, 5.41) is 19.0. The number of hydrogen-bond donors (Lipinski definition) is 2. The topological polar surface area (TPSA) is 66.8 Å². The van der Waals surface area contributed by atoms with E-state index in [9.17, 15) is 9.90 Å². The summed E-state index contributed by atoms with van der Waals surface area (Å²) in [7, 11) is 0. The van der Waals surface area contributed by atoms with Gasteiger partial charge < -0.3 is 14.9 Å². The molecule has 0 spiro atoms. The van der Waals surface area contributed by atoms with Gasteiger partial charge in [0.15, 0.2) is 5.78 Å². The fourth-order valence-corrected chi connectivity index (χ4v) is 2.97. The molecule has 0 aliphatic carbocycles. The number of aromatic hydroxyl groups is 1. The van der Waals surface area contributed by atoms with Gasteiger partial charge in [-0.2, -0.15) is 0 Å². The first-order valence-corrected chi connectivity index (χ1v) is 9.44. The van der Waals surface area contributed by atoms with E-state index in [-0.39, 0.29) is 24.2 Å². The number of rotatable bonds is 3. The maximum absolute atomic E-state index is 12.5. The Morgan fingerprint density at radius 3 is 2.27 bits per heavy atom. The zero-order valence-corrected chi connectivity index (χ0v) is 16.5. The van der Waals surface area contributed by atoms with Crippen LogP contribution >= 0.6 is 0 Å². The Kier molecular flexibility index (Phi) is 9.31. The number of hydrogen-bond acceptors (Lipinski definition) is 4. The molecular formula is C22H32O4. The van der Waals surface area contributed by atoms with Gasteiger partial charge in [-0.05, 0) is 54.7 Å². The van der Waals surface area contributed by atoms with Gasteiger partial charge in [0.25, 0.3) is 0 Å². The summed E-state index contributed by atoms with van der Waals surface area (Å²) in [6.07, 6.45) is 0.775. The minimum absolute atomic E-state index is 0.166. The fraction of sp³-hybridized carbons (Fsp3) is 0.500. The molecule has 2 N–H and O–H groups in total. The number of phenolic OH excluding ortho intramolecular Hbond substituents is 1. The maximum atomic E-state index is 12.5. The lowest BCUT2D eigenvalue weighted by atomic mass is 9.87. The molecule has 1 heterocycles. The van der Waals surface area contributed by atoms with E-state index in [4.69, 9.17) is 9.84 Å². The fourth-order valence-electron chi connectivity index (χ4n) is 2.97. The SMILES string of the molecule is CC.CC1OC[C@@H](CC(=O)c2ccc3cc(O)ccc3c2)C1C.CCO. The number of ketones is 1. The number of Topliss-reactive ketones (excluding diaryl/α,β-unsaturated/α-hetero) is 1.